The molecule has 1 fully saturated rings. The molecule has 0 radical (unpaired) electrons. The Morgan fingerprint density at radius 2 is 1.88 bits per heavy atom. The lowest BCUT2D eigenvalue weighted by molar-refractivity contribution is -0.339. The quantitative estimate of drug-likeness (QED) is 0.201. The summed E-state index contributed by atoms with van der Waals surface area (Å²) in [7, 11) is 2.67. The summed E-state index contributed by atoms with van der Waals surface area (Å²) >= 11 is 0. The van der Waals surface area contributed by atoms with Gasteiger partial charge in [0, 0.05) is 36.9 Å². The Kier molecular flexibility index (Phi) is 9.57. The summed E-state index contributed by atoms with van der Waals surface area (Å²) < 4.78 is 27.3. The number of rotatable bonds is 8. The van der Waals surface area contributed by atoms with E-state index in [1.54, 1.807) is 17.0 Å². The van der Waals surface area contributed by atoms with Gasteiger partial charge in [-0.2, -0.15) is 0 Å². The summed E-state index contributed by atoms with van der Waals surface area (Å²) in [4.78, 5) is 27.2. The zero-order chi connectivity index (χ0) is 30.0. The minimum atomic E-state index is -1.67. The van der Waals surface area contributed by atoms with Crippen LogP contribution in [0.4, 0.5) is 0 Å². The number of aliphatic hydroxyl groups is 4. The number of benzene rings is 1. The van der Waals surface area contributed by atoms with Crippen LogP contribution >= 0.6 is 0 Å². The molecule has 41 heavy (non-hydrogen) atoms. The fourth-order valence-electron chi connectivity index (χ4n) is 5.75. The number of phenols is 1. The highest BCUT2D eigenvalue weighted by molar-refractivity contribution is 5.89. The van der Waals surface area contributed by atoms with Crippen molar-refractivity contribution in [3.63, 3.8) is 0 Å². The predicted octanol–water partition coefficient (Wildman–Crippen LogP) is -0.288. The Hall–Kier alpha value is -3.20. The third-order valence-electron chi connectivity index (χ3n) is 8.03. The molecular formula is C28H37NO12. The van der Waals surface area contributed by atoms with Gasteiger partial charge in [0.25, 0.3) is 0 Å². The predicted molar refractivity (Wildman–Crippen MR) is 140 cm³/mol. The first-order valence-electron chi connectivity index (χ1n) is 13.2. The van der Waals surface area contributed by atoms with Gasteiger partial charge < -0.3 is 54.1 Å². The maximum absolute atomic E-state index is 12.8. The number of hydrogen-bond acceptors (Lipinski definition) is 12. The average molecular weight is 580 g/mol. The number of hydrogen-bond donors (Lipinski definition) is 5. The van der Waals surface area contributed by atoms with Crippen molar-refractivity contribution < 1.29 is 58.8 Å². The van der Waals surface area contributed by atoms with Crippen LogP contribution in [0.5, 0.6) is 11.5 Å². The van der Waals surface area contributed by atoms with E-state index in [4.69, 9.17) is 23.7 Å². The van der Waals surface area contributed by atoms with E-state index in [-0.39, 0.29) is 36.6 Å². The number of esters is 1. The Bertz CT molecular complexity index is 1170. The monoisotopic (exact) mass is 579 g/mol. The third-order valence-corrected chi connectivity index (χ3v) is 8.03. The first kappa shape index (κ1) is 30.8. The fourth-order valence-corrected chi connectivity index (χ4v) is 5.75. The van der Waals surface area contributed by atoms with Gasteiger partial charge in [-0.25, -0.2) is 4.79 Å². The molecule has 1 aromatic rings. The number of carbonyl (C=O) groups excluding carboxylic acids is 2. The van der Waals surface area contributed by atoms with Crippen LogP contribution in [0.1, 0.15) is 24.5 Å². The zero-order valence-electron chi connectivity index (χ0n) is 23.1. The van der Waals surface area contributed by atoms with E-state index in [1.807, 2.05) is 0 Å². The second-order valence-electron chi connectivity index (χ2n) is 10.3. The Morgan fingerprint density at radius 1 is 1.15 bits per heavy atom. The van der Waals surface area contributed by atoms with Gasteiger partial charge in [0.15, 0.2) is 17.8 Å². The molecule has 3 heterocycles. The van der Waals surface area contributed by atoms with Crippen LogP contribution in [0.2, 0.25) is 0 Å². The molecule has 3 aliphatic rings. The smallest absolute Gasteiger partial charge is 0.337 e. The van der Waals surface area contributed by atoms with Gasteiger partial charge in [-0.05, 0) is 24.5 Å². The molecule has 9 atom stereocenters. The lowest BCUT2D eigenvalue weighted by Gasteiger charge is -2.44. The molecule has 3 aliphatic heterocycles. The molecule has 0 aromatic heterocycles. The number of amides is 1. The average Bonchev–Trinajstić information content (AvgIpc) is 2.97. The van der Waals surface area contributed by atoms with Crippen molar-refractivity contribution in [1.82, 2.24) is 4.90 Å². The minimum Gasteiger partial charge on any atom is -0.504 e. The third kappa shape index (κ3) is 5.92. The van der Waals surface area contributed by atoms with E-state index in [9.17, 15) is 35.1 Å². The van der Waals surface area contributed by atoms with E-state index in [0.29, 0.717) is 11.3 Å². The van der Waals surface area contributed by atoms with Gasteiger partial charge in [-0.3, -0.25) is 4.79 Å². The highest BCUT2D eigenvalue weighted by Crippen LogP contribution is 2.42. The number of aromatic hydroxyl groups is 1. The van der Waals surface area contributed by atoms with Crippen LogP contribution < -0.4 is 4.74 Å². The Balaban J connectivity index is 1.65. The van der Waals surface area contributed by atoms with Crippen LogP contribution in [0, 0.1) is 11.8 Å². The van der Waals surface area contributed by atoms with Crippen molar-refractivity contribution in [2.75, 3.05) is 20.8 Å². The first-order chi connectivity index (χ1) is 19.6. The second-order valence-corrected chi connectivity index (χ2v) is 10.3. The molecule has 5 N–H and O–H groups in total. The van der Waals surface area contributed by atoms with E-state index in [0.717, 1.165) is 5.56 Å². The van der Waals surface area contributed by atoms with Gasteiger partial charge >= 0.3 is 5.97 Å². The normalized spacial score (nSPS) is 33.2. The summed E-state index contributed by atoms with van der Waals surface area (Å²) in [5.41, 5.74) is 1.57. The van der Waals surface area contributed by atoms with E-state index in [1.165, 1.54) is 33.5 Å². The van der Waals surface area contributed by atoms with Crippen molar-refractivity contribution in [3.05, 3.63) is 47.7 Å². The molecule has 1 aromatic carbocycles. The molecule has 0 bridgehead atoms. The molecule has 13 nitrogen and oxygen atoms in total. The van der Waals surface area contributed by atoms with Gasteiger partial charge in [0.1, 0.15) is 24.4 Å². The van der Waals surface area contributed by atoms with Crippen molar-refractivity contribution in [2.24, 2.45) is 11.8 Å². The molecule has 0 saturated carbocycles. The van der Waals surface area contributed by atoms with Gasteiger partial charge in [0.05, 0.1) is 32.7 Å². The molecule has 0 spiro atoms. The van der Waals surface area contributed by atoms with E-state index >= 15 is 0 Å². The van der Waals surface area contributed by atoms with Crippen LogP contribution in [0.3, 0.4) is 0 Å². The highest BCUT2D eigenvalue weighted by atomic mass is 16.8. The van der Waals surface area contributed by atoms with Gasteiger partial charge in [0.2, 0.25) is 12.2 Å². The summed E-state index contributed by atoms with van der Waals surface area (Å²) in [5, 5.41) is 51.1. The Morgan fingerprint density at radius 3 is 2.49 bits per heavy atom. The molecule has 1 saturated heterocycles. The van der Waals surface area contributed by atoms with E-state index < -0.39 is 67.4 Å². The lowest BCUT2D eigenvalue weighted by atomic mass is 9.77. The molecule has 226 valence electrons. The maximum Gasteiger partial charge on any atom is 0.337 e. The minimum absolute atomic E-state index is 0.0157. The molecule has 1 amide bonds. The summed E-state index contributed by atoms with van der Waals surface area (Å²) in [5.74, 6) is -1.98. The number of fused-ring (bicyclic) bond motifs is 1. The van der Waals surface area contributed by atoms with Crippen molar-refractivity contribution in [3.8, 4) is 11.5 Å². The number of ether oxygens (including phenoxy) is 5. The SMILES string of the molecule is C=CC1C(OC2OC(CO)C(O)C(O)C2O)OC=C(C(=O)OC)C1CC1Cc2c(ccc(OC)c2O)CN1C(C)=O. The molecule has 9 unspecified atom stereocenters. The largest absolute Gasteiger partial charge is 0.504 e. The van der Waals surface area contributed by atoms with Crippen molar-refractivity contribution in [2.45, 2.75) is 69.3 Å². The summed E-state index contributed by atoms with van der Waals surface area (Å²) in [6, 6.07) is 2.97. The van der Waals surface area contributed by atoms with Crippen LogP contribution in [-0.2, 0) is 41.5 Å². The topological polar surface area (TPSA) is 185 Å². The van der Waals surface area contributed by atoms with Crippen LogP contribution in [-0.4, -0.2) is 106 Å². The van der Waals surface area contributed by atoms with Crippen molar-refractivity contribution >= 4 is 11.9 Å². The first-order valence-corrected chi connectivity index (χ1v) is 13.2. The standard InChI is InChI=1S/C28H37NO12/c1-5-16-18(9-15-8-17-14(10-29(15)13(2)31)6-7-20(37-3)22(17)32)19(26(36)38-4)12-39-27(16)41-28-25(35)24(34)23(33)21(11-30)40-28/h5-7,12,15-16,18,21,23-25,27-28,30,32-35H,1,8-11H2,2-4H3. The number of aliphatic hydroxyl groups excluding tert-OH is 4. The van der Waals surface area contributed by atoms with Crippen molar-refractivity contribution in [1.29, 1.82) is 0 Å². The molecule has 4 rings (SSSR count). The van der Waals surface area contributed by atoms with Crippen LogP contribution in [0.15, 0.2) is 36.6 Å². The molecular weight excluding hydrogens is 542 g/mol. The van der Waals surface area contributed by atoms with E-state index in [2.05, 4.69) is 6.58 Å². The number of nitrogens with zero attached hydrogens (tertiary/aromatic N) is 1. The summed E-state index contributed by atoms with van der Waals surface area (Å²) in [6.45, 7) is 4.92. The Labute approximate surface area is 237 Å². The lowest BCUT2D eigenvalue weighted by Crippen LogP contribution is -2.60. The highest BCUT2D eigenvalue weighted by Gasteiger charge is 2.48. The molecule has 13 heteroatoms. The number of phenolic OH excluding ortho intramolecular Hbond substituents is 1. The molecule has 0 aliphatic carbocycles. The maximum atomic E-state index is 12.8. The van der Waals surface area contributed by atoms with Gasteiger partial charge in [-0.15, -0.1) is 6.58 Å². The number of methoxy groups -OCH3 is 2. The second kappa shape index (κ2) is 12.8. The zero-order valence-corrected chi connectivity index (χ0v) is 23.1. The fraction of sp³-hybridized carbons (Fsp3) is 0.571. The van der Waals surface area contributed by atoms with Gasteiger partial charge in [-0.1, -0.05) is 12.1 Å². The summed E-state index contributed by atoms with van der Waals surface area (Å²) in [6.07, 6.45) is -5.61. The van der Waals surface area contributed by atoms with Crippen LogP contribution in [0.25, 0.3) is 0 Å². The number of carbonyl (C=O) groups is 2.